The van der Waals surface area contributed by atoms with Crippen molar-refractivity contribution in [3.63, 3.8) is 0 Å². The van der Waals surface area contributed by atoms with Crippen LogP contribution in [-0.4, -0.2) is 10.2 Å². The molecule has 146 valence electrons. The third kappa shape index (κ3) is 5.55. The molecule has 0 amide bonds. The second kappa shape index (κ2) is 10.8. The van der Waals surface area contributed by atoms with Crippen LogP contribution in [0.25, 0.3) is 20.2 Å². The van der Waals surface area contributed by atoms with E-state index in [2.05, 4.69) is 41.6 Å². The average Bonchev–Trinajstić information content (AvgIpc) is 3.42. The Labute approximate surface area is 172 Å². The molecule has 3 aromatic rings. The van der Waals surface area contributed by atoms with Gasteiger partial charge in [0.15, 0.2) is 0 Å². The lowest BCUT2D eigenvalue weighted by molar-refractivity contribution is 0.666. The second-order valence-corrected chi connectivity index (χ2v) is 9.32. The number of unbranched alkanes of at least 4 members (excludes halogenated alkanes) is 6. The summed E-state index contributed by atoms with van der Waals surface area (Å²) in [5, 5.41) is 9.39. The molecule has 0 radical (unpaired) electrons. The fraction of sp³-hybridized carbons (Fsp3) is 0.522. The van der Waals surface area contributed by atoms with Gasteiger partial charge < -0.3 is 0 Å². The van der Waals surface area contributed by atoms with Crippen LogP contribution in [0.4, 0.5) is 0 Å². The Morgan fingerprint density at radius 1 is 0.889 bits per heavy atom. The van der Waals surface area contributed by atoms with Crippen LogP contribution in [0, 0.1) is 0 Å². The van der Waals surface area contributed by atoms with E-state index in [0.29, 0.717) is 0 Å². The molecule has 27 heavy (non-hydrogen) atoms. The van der Waals surface area contributed by atoms with Gasteiger partial charge in [-0.2, -0.15) is 5.10 Å². The molecule has 3 aromatic heterocycles. The number of rotatable bonds is 12. The summed E-state index contributed by atoms with van der Waals surface area (Å²) in [7, 11) is 0. The van der Waals surface area contributed by atoms with Crippen LogP contribution in [-0.2, 0) is 12.8 Å². The van der Waals surface area contributed by atoms with Gasteiger partial charge in [-0.15, -0.1) is 22.7 Å². The summed E-state index contributed by atoms with van der Waals surface area (Å²) in [4.78, 5) is 4.36. The van der Waals surface area contributed by atoms with Crippen molar-refractivity contribution in [2.75, 3.05) is 0 Å². The van der Waals surface area contributed by atoms with Crippen molar-refractivity contribution in [3.8, 4) is 20.2 Å². The van der Waals surface area contributed by atoms with Gasteiger partial charge in [0.2, 0.25) is 0 Å². The number of nitrogens with zero attached hydrogens (tertiary/aromatic N) is 1. The summed E-state index contributed by atoms with van der Waals surface area (Å²) in [6, 6.07) is 4.77. The number of thiophene rings is 2. The van der Waals surface area contributed by atoms with Crippen molar-refractivity contribution in [2.45, 2.75) is 78.1 Å². The highest BCUT2D eigenvalue weighted by atomic mass is 32.1. The molecule has 0 aliphatic rings. The van der Waals surface area contributed by atoms with E-state index in [1.165, 1.54) is 90.0 Å². The lowest BCUT2D eigenvalue weighted by atomic mass is 10.0. The Kier molecular flexibility index (Phi) is 8.15. The standard InChI is InChI=1S/C23H32N2S2/c1-3-5-7-9-11-18-13-14-26-22(18)23-19(12-10-8-6-4-2)15-21(27-23)20-16-24-25-17-20/h13-17H,3-12H2,1-2H3,(H,24,25). The van der Waals surface area contributed by atoms with Gasteiger partial charge >= 0.3 is 0 Å². The molecule has 0 saturated carbocycles. The van der Waals surface area contributed by atoms with Crippen LogP contribution < -0.4 is 0 Å². The fourth-order valence-electron chi connectivity index (χ4n) is 3.55. The maximum Gasteiger partial charge on any atom is 0.0573 e. The summed E-state index contributed by atoms with van der Waals surface area (Å²) in [5.74, 6) is 0. The van der Waals surface area contributed by atoms with Crippen LogP contribution >= 0.6 is 22.7 Å². The molecule has 0 bridgehead atoms. The van der Waals surface area contributed by atoms with E-state index >= 15 is 0 Å². The average molecular weight is 401 g/mol. The van der Waals surface area contributed by atoms with E-state index in [9.17, 15) is 0 Å². The SMILES string of the molecule is CCCCCCc1ccsc1-c1sc(-c2cn[nH]c2)cc1CCCCCC. The molecule has 0 atom stereocenters. The first-order valence-electron chi connectivity index (χ1n) is 10.5. The highest BCUT2D eigenvalue weighted by molar-refractivity contribution is 7.23. The predicted octanol–water partition coefficient (Wildman–Crippen LogP) is 8.11. The largest absolute Gasteiger partial charge is 0.285 e. The lowest BCUT2D eigenvalue weighted by Gasteiger charge is -2.06. The molecule has 0 unspecified atom stereocenters. The van der Waals surface area contributed by atoms with Crippen LogP contribution in [0.3, 0.4) is 0 Å². The fourth-order valence-corrected chi connectivity index (χ4v) is 5.91. The zero-order valence-corrected chi connectivity index (χ0v) is 18.4. The van der Waals surface area contributed by atoms with E-state index in [4.69, 9.17) is 0 Å². The van der Waals surface area contributed by atoms with Crippen molar-refractivity contribution in [1.29, 1.82) is 0 Å². The topological polar surface area (TPSA) is 28.7 Å². The normalized spacial score (nSPS) is 11.3. The molecule has 1 N–H and O–H groups in total. The number of nitrogens with one attached hydrogen (secondary N) is 1. The number of aromatic amines is 1. The molecular formula is C23H32N2S2. The number of aryl methyl sites for hydroxylation is 2. The number of aromatic nitrogens is 2. The molecule has 2 nitrogen and oxygen atoms in total. The Morgan fingerprint density at radius 3 is 2.30 bits per heavy atom. The first-order chi connectivity index (χ1) is 13.3. The Hall–Kier alpha value is -1.39. The van der Waals surface area contributed by atoms with Gasteiger partial charge in [-0.1, -0.05) is 52.4 Å². The smallest absolute Gasteiger partial charge is 0.0573 e. The molecule has 3 rings (SSSR count). The number of H-pyrrole nitrogens is 1. The van der Waals surface area contributed by atoms with E-state index in [0.717, 1.165) is 0 Å². The van der Waals surface area contributed by atoms with E-state index < -0.39 is 0 Å². The highest BCUT2D eigenvalue weighted by Gasteiger charge is 2.16. The molecule has 0 spiro atoms. The molecule has 4 heteroatoms. The van der Waals surface area contributed by atoms with Crippen LogP contribution in [0.15, 0.2) is 29.9 Å². The van der Waals surface area contributed by atoms with Gasteiger partial charge in [-0.05, 0) is 54.3 Å². The van der Waals surface area contributed by atoms with E-state index in [1.54, 1.807) is 5.56 Å². The van der Waals surface area contributed by atoms with Crippen LogP contribution in [0.5, 0.6) is 0 Å². The highest BCUT2D eigenvalue weighted by Crippen LogP contribution is 2.42. The summed E-state index contributed by atoms with van der Waals surface area (Å²) >= 11 is 3.87. The third-order valence-electron chi connectivity index (χ3n) is 5.14. The molecule has 0 aliphatic heterocycles. The maximum absolute atomic E-state index is 4.15. The monoisotopic (exact) mass is 400 g/mol. The second-order valence-electron chi connectivity index (χ2n) is 7.35. The zero-order chi connectivity index (χ0) is 18.9. The van der Waals surface area contributed by atoms with Gasteiger partial charge in [0.25, 0.3) is 0 Å². The molecular weight excluding hydrogens is 368 g/mol. The molecule has 0 aromatic carbocycles. The summed E-state index contributed by atoms with van der Waals surface area (Å²) in [5.41, 5.74) is 4.29. The van der Waals surface area contributed by atoms with Crippen molar-refractivity contribution < 1.29 is 0 Å². The minimum atomic E-state index is 1.19. The van der Waals surface area contributed by atoms with Gasteiger partial charge in [-0.3, -0.25) is 5.10 Å². The van der Waals surface area contributed by atoms with Crippen molar-refractivity contribution in [2.24, 2.45) is 0 Å². The minimum Gasteiger partial charge on any atom is -0.285 e. The van der Waals surface area contributed by atoms with Gasteiger partial charge in [0.05, 0.1) is 6.20 Å². The molecule has 3 heterocycles. The van der Waals surface area contributed by atoms with E-state index in [-0.39, 0.29) is 0 Å². The van der Waals surface area contributed by atoms with Gasteiger partial charge in [-0.25, -0.2) is 0 Å². The number of hydrogen-bond acceptors (Lipinski definition) is 3. The molecule has 0 fully saturated rings. The summed E-state index contributed by atoms with van der Waals surface area (Å²) in [6.45, 7) is 4.56. The Morgan fingerprint density at radius 2 is 1.63 bits per heavy atom. The maximum atomic E-state index is 4.15. The van der Waals surface area contributed by atoms with E-state index in [1.807, 2.05) is 35.1 Å². The van der Waals surface area contributed by atoms with Crippen molar-refractivity contribution in [1.82, 2.24) is 10.2 Å². The van der Waals surface area contributed by atoms with Crippen LogP contribution in [0.1, 0.15) is 76.3 Å². The summed E-state index contributed by atoms with van der Waals surface area (Å²) in [6.07, 6.45) is 16.9. The number of hydrogen-bond donors (Lipinski definition) is 1. The third-order valence-corrected chi connectivity index (χ3v) is 7.49. The predicted molar refractivity (Wildman–Crippen MR) is 121 cm³/mol. The van der Waals surface area contributed by atoms with Gasteiger partial charge in [0.1, 0.15) is 0 Å². The molecule has 0 aliphatic carbocycles. The molecule has 0 saturated heterocycles. The quantitative estimate of drug-likeness (QED) is 0.305. The van der Waals surface area contributed by atoms with Crippen molar-refractivity contribution >= 4 is 22.7 Å². The first kappa shape index (κ1) is 20.3. The summed E-state index contributed by atoms with van der Waals surface area (Å²) < 4.78 is 0. The Bertz CT molecular complexity index is 783. The minimum absolute atomic E-state index is 1.19. The zero-order valence-electron chi connectivity index (χ0n) is 16.7. The van der Waals surface area contributed by atoms with Crippen LogP contribution in [0.2, 0.25) is 0 Å². The Balaban J connectivity index is 1.81. The van der Waals surface area contributed by atoms with Crippen molar-refractivity contribution in [3.05, 3.63) is 41.0 Å². The van der Waals surface area contributed by atoms with Gasteiger partial charge in [0, 0.05) is 26.4 Å². The first-order valence-corrected chi connectivity index (χ1v) is 12.2. The lowest BCUT2D eigenvalue weighted by Crippen LogP contribution is -1.89.